The van der Waals surface area contributed by atoms with Crippen molar-refractivity contribution in [2.75, 3.05) is 24.3 Å². The van der Waals surface area contributed by atoms with E-state index in [0.717, 1.165) is 28.2 Å². The molecule has 0 aliphatic rings. The Kier molecular flexibility index (Phi) is 4.15. The minimum Gasteiger partial charge on any atom is -0.508 e. The molecule has 0 amide bonds. The largest absolute Gasteiger partial charge is 0.508 e. The highest BCUT2D eigenvalue weighted by Gasteiger charge is 2.05. The molecule has 0 aliphatic carbocycles. The highest BCUT2D eigenvalue weighted by Crippen LogP contribution is 2.31. The zero-order valence-corrected chi connectivity index (χ0v) is 13.2. The van der Waals surface area contributed by atoms with Crippen LogP contribution in [0.4, 0.5) is 17.1 Å². The number of hydrogen-bond donors (Lipinski definition) is 2. The first-order valence-corrected chi connectivity index (χ1v) is 7.41. The number of rotatable bonds is 4. The Morgan fingerprint density at radius 1 is 0.913 bits per heavy atom. The molecular weight excluding hydrogens is 286 g/mol. The van der Waals surface area contributed by atoms with Crippen LogP contribution in [0.15, 0.2) is 67.0 Å². The number of hydrogen-bond acceptors (Lipinski definition) is 4. The van der Waals surface area contributed by atoms with Gasteiger partial charge in [0.1, 0.15) is 5.75 Å². The summed E-state index contributed by atoms with van der Waals surface area (Å²) in [4.78, 5) is 6.14. The molecule has 3 rings (SSSR count). The topological polar surface area (TPSA) is 48.4 Å². The number of phenolic OH excluding ortho intramolecular Hbond substituents is 1. The lowest BCUT2D eigenvalue weighted by molar-refractivity contribution is 0.476. The van der Waals surface area contributed by atoms with Gasteiger partial charge in [0.25, 0.3) is 0 Å². The SMILES string of the molecule is CN(C)c1cccc(-c2cc(O)cc(Nc3cccnc3)c2)c1. The molecule has 0 saturated heterocycles. The minimum absolute atomic E-state index is 0.226. The number of anilines is 3. The maximum absolute atomic E-state index is 10.0. The van der Waals surface area contributed by atoms with Crippen molar-refractivity contribution in [1.29, 1.82) is 0 Å². The average Bonchev–Trinajstić information content (AvgIpc) is 2.55. The van der Waals surface area contributed by atoms with Gasteiger partial charge in [-0.05, 0) is 47.5 Å². The second-order valence-electron chi connectivity index (χ2n) is 5.58. The van der Waals surface area contributed by atoms with Crippen molar-refractivity contribution in [3.05, 3.63) is 67.0 Å². The van der Waals surface area contributed by atoms with E-state index in [-0.39, 0.29) is 5.75 Å². The van der Waals surface area contributed by atoms with Gasteiger partial charge in [0.2, 0.25) is 0 Å². The Morgan fingerprint density at radius 2 is 1.78 bits per heavy atom. The van der Waals surface area contributed by atoms with Crippen LogP contribution in [-0.2, 0) is 0 Å². The molecule has 0 bridgehead atoms. The summed E-state index contributed by atoms with van der Waals surface area (Å²) in [6.07, 6.45) is 3.47. The first-order chi connectivity index (χ1) is 11.1. The number of pyridine rings is 1. The lowest BCUT2D eigenvalue weighted by Crippen LogP contribution is -2.08. The van der Waals surface area contributed by atoms with Crippen molar-refractivity contribution >= 4 is 17.1 Å². The van der Waals surface area contributed by atoms with Crippen molar-refractivity contribution in [2.45, 2.75) is 0 Å². The minimum atomic E-state index is 0.226. The van der Waals surface area contributed by atoms with Crippen molar-refractivity contribution in [1.82, 2.24) is 4.98 Å². The van der Waals surface area contributed by atoms with Crippen LogP contribution < -0.4 is 10.2 Å². The van der Waals surface area contributed by atoms with Gasteiger partial charge in [-0.2, -0.15) is 0 Å². The van der Waals surface area contributed by atoms with Crippen LogP contribution in [0.5, 0.6) is 5.75 Å². The van der Waals surface area contributed by atoms with E-state index in [1.165, 1.54) is 0 Å². The second-order valence-corrected chi connectivity index (χ2v) is 5.58. The molecule has 0 spiro atoms. The molecule has 0 atom stereocenters. The molecule has 0 aliphatic heterocycles. The number of aromatic nitrogens is 1. The molecule has 2 N–H and O–H groups in total. The van der Waals surface area contributed by atoms with Crippen LogP contribution in [0.1, 0.15) is 0 Å². The van der Waals surface area contributed by atoms with Gasteiger partial charge in [0, 0.05) is 37.7 Å². The Hall–Kier alpha value is -3.01. The van der Waals surface area contributed by atoms with Gasteiger partial charge < -0.3 is 15.3 Å². The number of benzene rings is 2. The first-order valence-electron chi connectivity index (χ1n) is 7.41. The Bertz CT molecular complexity index is 801. The maximum atomic E-state index is 10.0. The van der Waals surface area contributed by atoms with Crippen molar-refractivity contribution in [3.63, 3.8) is 0 Å². The van der Waals surface area contributed by atoms with Crippen molar-refractivity contribution in [3.8, 4) is 16.9 Å². The smallest absolute Gasteiger partial charge is 0.118 e. The first kappa shape index (κ1) is 14.9. The normalized spacial score (nSPS) is 10.3. The Balaban J connectivity index is 1.96. The number of nitrogens with one attached hydrogen (secondary N) is 1. The number of phenols is 1. The molecular formula is C19H19N3O. The third kappa shape index (κ3) is 3.61. The van der Waals surface area contributed by atoms with E-state index < -0.39 is 0 Å². The van der Waals surface area contributed by atoms with E-state index in [4.69, 9.17) is 0 Å². The molecule has 4 heteroatoms. The molecule has 116 valence electrons. The molecule has 0 saturated carbocycles. The monoisotopic (exact) mass is 305 g/mol. The third-order valence-electron chi connectivity index (χ3n) is 3.56. The number of nitrogens with zero attached hydrogens (tertiary/aromatic N) is 2. The lowest BCUT2D eigenvalue weighted by Gasteiger charge is -2.14. The standard InChI is InChI=1S/C19H19N3O/c1-22(2)18-7-3-5-14(10-18)15-9-17(12-19(23)11-15)21-16-6-4-8-20-13-16/h3-13,21,23H,1-2H3. The molecule has 1 aromatic heterocycles. The molecule has 0 unspecified atom stereocenters. The van der Waals surface area contributed by atoms with Crippen molar-refractivity contribution < 1.29 is 5.11 Å². The average molecular weight is 305 g/mol. The van der Waals surface area contributed by atoms with E-state index in [1.54, 1.807) is 24.5 Å². The molecule has 0 fully saturated rings. The summed E-state index contributed by atoms with van der Waals surface area (Å²) >= 11 is 0. The Morgan fingerprint density at radius 3 is 2.52 bits per heavy atom. The maximum Gasteiger partial charge on any atom is 0.118 e. The molecule has 4 nitrogen and oxygen atoms in total. The summed E-state index contributed by atoms with van der Waals surface area (Å²) < 4.78 is 0. The predicted octanol–water partition coefficient (Wildman–Crippen LogP) is 4.26. The van der Waals surface area contributed by atoms with Crippen LogP contribution in [-0.4, -0.2) is 24.2 Å². The summed E-state index contributed by atoms with van der Waals surface area (Å²) in [6, 6.07) is 17.5. The van der Waals surface area contributed by atoms with Gasteiger partial charge in [0.05, 0.1) is 11.9 Å². The van der Waals surface area contributed by atoms with E-state index in [1.807, 2.05) is 44.4 Å². The molecule has 2 aromatic carbocycles. The van der Waals surface area contributed by atoms with Crippen LogP contribution in [0, 0.1) is 0 Å². The summed E-state index contributed by atoms with van der Waals surface area (Å²) in [6.45, 7) is 0. The molecule has 1 heterocycles. The summed E-state index contributed by atoms with van der Waals surface area (Å²) in [5, 5.41) is 13.3. The van der Waals surface area contributed by atoms with Crippen LogP contribution in [0.25, 0.3) is 11.1 Å². The fourth-order valence-electron chi connectivity index (χ4n) is 2.42. The van der Waals surface area contributed by atoms with Gasteiger partial charge in [-0.3, -0.25) is 4.98 Å². The zero-order valence-electron chi connectivity index (χ0n) is 13.2. The van der Waals surface area contributed by atoms with Crippen LogP contribution in [0.3, 0.4) is 0 Å². The second kappa shape index (κ2) is 6.40. The van der Waals surface area contributed by atoms with Crippen molar-refractivity contribution in [2.24, 2.45) is 0 Å². The molecule has 23 heavy (non-hydrogen) atoms. The third-order valence-corrected chi connectivity index (χ3v) is 3.56. The number of aromatic hydroxyl groups is 1. The van der Waals surface area contributed by atoms with E-state index in [0.29, 0.717) is 0 Å². The predicted molar refractivity (Wildman–Crippen MR) is 95.4 cm³/mol. The fraction of sp³-hybridized carbons (Fsp3) is 0.105. The molecule has 3 aromatic rings. The highest BCUT2D eigenvalue weighted by molar-refractivity contribution is 5.75. The molecule has 0 radical (unpaired) electrons. The van der Waals surface area contributed by atoms with Crippen LogP contribution >= 0.6 is 0 Å². The quantitative estimate of drug-likeness (QED) is 0.756. The fourth-order valence-corrected chi connectivity index (χ4v) is 2.42. The van der Waals surface area contributed by atoms with Gasteiger partial charge in [-0.15, -0.1) is 0 Å². The van der Waals surface area contributed by atoms with E-state index in [9.17, 15) is 5.11 Å². The van der Waals surface area contributed by atoms with Gasteiger partial charge in [0.15, 0.2) is 0 Å². The van der Waals surface area contributed by atoms with E-state index >= 15 is 0 Å². The zero-order chi connectivity index (χ0) is 16.2. The van der Waals surface area contributed by atoms with Gasteiger partial charge >= 0.3 is 0 Å². The summed E-state index contributed by atoms with van der Waals surface area (Å²) in [7, 11) is 4.02. The lowest BCUT2D eigenvalue weighted by atomic mass is 10.0. The van der Waals surface area contributed by atoms with Gasteiger partial charge in [-0.25, -0.2) is 0 Å². The van der Waals surface area contributed by atoms with Gasteiger partial charge in [-0.1, -0.05) is 12.1 Å². The summed E-state index contributed by atoms with van der Waals surface area (Å²) in [5.41, 5.74) is 4.84. The summed E-state index contributed by atoms with van der Waals surface area (Å²) in [5.74, 6) is 0.226. The Labute approximate surface area is 136 Å². The highest BCUT2D eigenvalue weighted by atomic mass is 16.3. The van der Waals surface area contributed by atoms with Crippen LogP contribution in [0.2, 0.25) is 0 Å². The van der Waals surface area contributed by atoms with E-state index in [2.05, 4.69) is 27.3 Å².